The molecule has 0 unspecified atom stereocenters. The fourth-order valence-electron chi connectivity index (χ4n) is 1.67. The van der Waals surface area contributed by atoms with Crippen molar-refractivity contribution in [3.8, 4) is 0 Å². The van der Waals surface area contributed by atoms with E-state index in [4.69, 9.17) is 5.73 Å². The molecule has 0 fully saturated rings. The highest BCUT2D eigenvalue weighted by molar-refractivity contribution is 5.75. The summed E-state index contributed by atoms with van der Waals surface area (Å²) in [6.45, 7) is 2.73. The van der Waals surface area contributed by atoms with Crippen LogP contribution in [0.15, 0.2) is 30.5 Å². The summed E-state index contributed by atoms with van der Waals surface area (Å²) in [5, 5.41) is 10.5. The highest BCUT2D eigenvalue weighted by atomic mass is 16.2. The van der Waals surface area contributed by atoms with Crippen molar-refractivity contribution in [1.82, 2.24) is 20.3 Å². The van der Waals surface area contributed by atoms with Gasteiger partial charge < -0.3 is 11.1 Å². The minimum Gasteiger partial charge on any atom is -0.381 e. The fourth-order valence-corrected chi connectivity index (χ4v) is 1.67. The van der Waals surface area contributed by atoms with Crippen molar-refractivity contribution in [2.75, 3.05) is 12.3 Å². The van der Waals surface area contributed by atoms with E-state index in [1.165, 1.54) is 22.1 Å². The van der Waals surface area contributed by atoms with Crippen molar-refractivity contribution >= 4 is 11.7 Å². The van der Waals surface area contributed by atoms with E-state index in [0.29, 0.717) is 12.4 Å². The van der Waals surface area contributed by atoms with E-state index < -0.39 is 0 Å². The number of benzene rings is 1. The zero-order valence-corrected chi connectivity index (χ0v) is 10.8. The average molecular weight is 259 g/mol. The largest absolute Gasteiger partial charge is 0.381 e. The summed E-state index contributed by atoms with van der Waals surface area (Å²) in [4.78, 5) is 12.9. The quantitative estimate of drug-likeness (QED) is 0.820. The number of nitrogen functional groups attached to an aromatic ring is 1. The number of anilines is 1. The molecule has 0 atom stereocenters. The highest BCUT2D eigenvalue weighted by Crippen LogP contribution is 2.03. The van der Waals surface area contributed by atoms with Crippen LogP contribution in [0.4, 0.5) is 5.82 Å². The van der Waals surface area contributed by atoms with Crippen molar-refractivity contribution in [1.29, 1.82) is 0 Å². The van der Waals surface area contributed by atoms with E-state index in [9.17, 15) is 4.79 Å². The Kier molecular flexibility index (Phi) is 4.12. The summed E-state index contributed by atoms with van der Waals surface area (Å²) in [6.07, 6.45) is 2.22. The molecule has 0 bridgehead atoms. The van der Waals surface area contributed by atoms with E-state index in [1.807, 2.05) is 6.92 Å². The van der Waals surface area contributed by atoms with Crippen molar-refractivity contribution in [2.45, 2.75) is 19.9 Å². The molecular formula is C13H17N5O. The summed E-state index contributed by atoms with van der Waals surface area (Å²) < 4.78 is 0. The molecule has 0 saturated heterocycles. The van der Waals surface area contributed by atoms with Gasteiger partial charge in [-0.3, -0.25) is 4.79 Å². The number of aryl methyl sites for hydroxylation is 1. The second-order valence-corrected chi connectivity index (χ2v) is 4.39. The summed E-state index contributed by atoms with van der Waals surface area (Å²) in [5.41, 5.74) is 7.85. The monoisotopic (exact) mass is 259 g/mol. The molecule has 1 aromatic heterocycles. The van der Waals surface area contributed by atoms with Gasteiger partial charge in [-0.2, -0.15) is 9.90 Å². The van der Waals surface area contributed by atoms with Crippen LogP contribution in [0.3, 0.4) is 0 Å². The Labute approximate surface area is 111 Å². The smallest absolute Gasteiger partial charge is 0.243 e. The Balaban J connectivity index is 1.73. The molecule has 1 amide bonds. The number of aromatic nitrogens is 3. The molecule has 1 aromatic carbocycles. The van der Waals surface area contributed by atoms with Crippen molar-refractivity contribution < 1.29 is 4.79 Å². The van der Waals surface area contributed by atoms with Gasteiger partial charge in [0, 0.05) is 6.54 Å². The molecule has 6 heteroatoms. The van der Waals surface area contributed by atoms with Crippen LogP contribution < -0.4 is 11.1 Å². The number of hydrogen-bond acceptors (Lipinski definition) is 4. The maximum atomic E-state index is 11.6. The van der Waals surface area contributed by atoms with Gasteiger partial charge in [-0.15, -0.1) is 5.10 Å². The second kappa shape index (κ2) is 5.99. The molecule has 19 heavy (non-hydrogen) atoms. The number of carbonyl (C=O) groups excluding carboxylic acids is 1. The number of carbonyl (C=O) groups is 1. The van der Waals surface area contributed by atoms with Crippen LogP contribution in [0.1, 0.15) is 11.1 Å². The van der Waals surface area contributed by atoms with Crippen LogP contribution >= 0.6 is 0 Å². The van der Waals surface area contributed by atoms with Gasteiger partial charge >= 0.3 is 0 Å². The topological polar surface area (TPSA) is 85.8 Å². The van der Waals surface area contributed by atoms with Gasteiger partial charge in [0.15, 0.2) is 5.82 Å². The molecule has 2 aromatic rings. The van der Waals surface area contributed by atoms with Crippen molar-refractivity contribution in [3.63, 3.8) is 0 Å². The van der Waals surface area contributed by atoms with E-state index >= 15 is 0 Å². The maximum absolute atomic E-state index is 11.6. The lowest BCUT2D eigenvalue weighted by Crippen LogP contribution is -2.30. The minimum absolute atomic E-state index is 0.0884. The third-order valence-electron chi connectivity index (χ3n) is 2.70. The summed E-state index contributed by atoms with van der Waals surface area (Å²) in [5.74, 6) is 0.190. The lowest BCUT2D eigenvalue weighted by atomic mass is 10.1. The number of rotatable bonds is 5. The molecule has 0 aliphatic carbocycles. The number of nitrogens with one attached hydrogen (secondary N) is 1. The summed E-state index contributed by atoms with van der Waals surface area (Å²) in [7, 11) is 0. The third-order valence-corrected chi connectivity index (χ3v) is 2.70. The highest BCUT2D eigenvalue weighted by Gasteiger charge is 2.04. The zero-order chi connectivity index (χ0) is 13.7. The normalized spacial score (nSPS) is 10.4. The number of nitrogens with two attached hydrogens (primary N) is 1. The van der Waals surface area contributed by atoms with Gasteiger partial charge in [-0.25, -0.2) is 0 Å². The first kappa shape index (κ1) is 13.1. The number of hydrogen-bond donors (Lipinski definition) is 2. The molecule has 3 N–H and O–H groups in total. The maximum Gasteiger partial charge on any atom is 0.243 e. The molecule has 6 nitrogen and oxygen atoms in total. The average Bonchev–Trinajstić information content (AvgIpc) is 2.77. The van der Waals surface area contributed by atoms with E-state index in [1.54, 1.807) is 0 Å². The second-order valence-electron chi connectivity index (χ2n) is 4.39. The first-order valence-corrected chi connectivity index (χ1v) is 6.11. The van der Waals surface area contributed by atoms with Gasteiger partial charge in [-0.1, -0.05) is 29.8 Å². The molecule has 1 heterocycles. The van der Waals surface area contributed by atoms with Gasteiger partial charge in [0.25, 0.3) is 0 Å². The molecular weight excluding hydrogens is 242 g/mol. The van der Waals surface area contributed by atoms with Gasteiger partial charge in [0.05, 0.1) is 6.20 Å². The standard InChI is InChI=1S/C13H17N5O/c1-10-2-4-11(5-3-10)6-7-15-13(19)9-18-16-8-12(14)17-18/h2-5,8H,6-7,9H2,1H3,(H2,14,17)(H,15,19). The van der Waals surface area contributed by atoms with Crippen LogP contribution in [0.25, 0.3) is 0 Å². The SMILES string of the molecule is Cc1ccc(CCNC(=O)Cn2ncc(N)n2)cc1. The molecule has 0 radical (unpaired) electrons. The van der Waals surface area contributed by atoms with E-state index in [0.717, 1.165) is 6.42 Å². The molecule has 0 saturated carbocycles. The van der Waals surface area contributed by atoms with Crippen LogP contribution in [-0.4, -0.2) is 27.4 Å². The minimum atomic E-state index is -0.122. The van der Waals surface area contributed by atoms with Gasteiger partial charge in [0.2, 0.25) is 5.91 Å². The van der Waals surface area contributed by atoms with Crippen LogP contribution in [0.2, 0.25) is 0 Å². The van der Waals surface area contributed by atoms with E-state index in [-0.39, 0.29) is 12.5 Å². The lowest BCUT2D eigenvalue weighted by molar-refractivity contribution is -0.122. The molecule has 2 rings (SSSR count). The number of amides is 1. The van der Waals surface area contributed by atoms with Crippen molar-refractivity contribution in [2.24, 2.45) is 0 Å². The van der Waals surface area contributed by atoms with Crippen LogP contribution in [0.5, 0.6) is 0 Å². The number of nitrogens with zero attached hydrogens (tertiary/aromatic N) is 3. The Hall–Kier alpha value is -2.37. The Morgan fingerprint density at radius 2 is 2.11 bits per heavy atom. The van der Waals surface area contributed by atoms with Crippen molar-refractivity contribution in [3.05, 3.63) is 41.6 Å². The molecule has 0 aliphatic heterocycles. The first-order valence-electron chi connectivity index (χ1n) is 6.11. The van der Waals surface area contributed by atoms with E-state index in [2.05, 4.69) is 39.8 Å². The fraction of sp³-hybridized carbons (Fsp3) is 0.308. The first-order chi connectivity index (χ1) is 9.13. The summed E-state index contributed by atoms with van der Waals surface area (Å²) in [6, 6.07) is 8.26. The Morgan fingerprint density at radius 3 is 2.74 bits per heavy atom. The predicted octanol–water partition coefficient (Wildman–Crippen LogP) is 0.528. The summed E-state index contributed by atoms with van der Waals surface area (Å²) >= 11 is 0. The lowest BCUT2D eigenvalue weighted by Gasteiger charge is -2.05. The predicted molar refractivity (Wildman–Crippen MR) is 72.3 cm³/mol. The van der Waals surface area contributed by atoms with Gasteiger partial charge in [-0.05, 0) is 18.9 Å². The Morgan fingerprint density at radius 1 is 1.37 bits per heavy atom. The Bertz CT molecular complexity index is 546. The van der Waals surface area contributed by atoms with Gasteiger partial charge in [0.1, 0.15) is 6.54 Å². The molecule has 100 valence electrons. The molecule has 0 aliphatic rings. The molecule has 0 spiro atoms. The third kappa shape index (κ3) is 4.09. The van der Waals surface area contributed by atoms with Crippen LogP contribution in [0, 0.1) is 6.92 Å². The zero-order valence-electron chi connectivity index (χ0n) is 10.8. The van der Waals surface area contributed by atoms with Crippen LogP contribution in [-0.2, 0) is 17.8 Å².